The van der Waals surface area contributed by atoms with E-state index in [0.29, 0.717) is 47.5 Å². The molecule has 1 atom stereocenters. The maximum absolute atomic E-state index is 12.7. The minimum Gasteiger partial charge on any atom is -0.352 e. The average molecular weight is 491 g/mol. The lowest BCUT2D eigenvalue weighted by Crippen LogP contribution is -2.29. The van der Waals surface area contributed by atoms with Crippen LogP contribution in [0.1, 0.15) is 88.5 Å². The van der Waals surface area contributed by atoms with Gasteiger partial charge in [-0.2, -0.15) is 5.10 Å². The second-order valence-corrected chi connectivity index (χ2v) is 8.94. The Bertz CT molecular complexity index is 1090. The van der Waals surface area contributed by atoms with Crippen molar-refractivity contribution >= 4 is 28.4 Å². The molecule has 0 N–H and O–H groups in total. The maximum atomic E-state index is 12.7. The lowest BCUT2D eigenvalue weighted by molar-refractivity contribution is 0.0942. The fraction of sp³-hybridized carbons (Fsp3) is 0.640. The number of unbranched alkanes of at least 4 members (excludes halogenated alkanes) is 2. The highest BCUT2D eigenvalue weighted by Crippen LogP contribution is 2.31. The Morgan fingerprint density at radius 3 is 2.44 bits per heavy atom. The number of nitrogens with zero attached hydrogens (tertiary/aromatic N) is 6. The molecule has 0 saturated carbocycles. The summed E-state index contributed by atoms with van der Waals surface area (Å²) in [7, 11) is 4.06. The van der Waals surface area contributed by atoms with E-state index in [9.17, 15) is 4.79 Å². The summed E-state index contributed by atoms with van der Waals surface area (Å²) in [6.45, 7) is 12.9. The van der Waals surface area contributed by atoms with Crippen LogP contribution in [0.25, 0.3) is 22.6 Å². The Balaban J connectivity index is 0.00000199. The molecule has 0 aliphatic rings. The van der Waals surface area contributed by atoms with Crippen LogP contribution in [0.5, 0.6) is 0 Å². The van der Waals surface area contributed by atoms with Crippen LogP contribution >= 0.6 is 11.6 Å². The number of hydrogen-bond donors (Lipinski definition) is 0. The van der Waals surface area contributed by atoms with E-state index < -0.39 is 0 Å². The number of halogens is 1. The van der Waals surface area contributed by atoms with Crippen LogP contribution in [0.15, 0.2) is 4.52 Å². The number of aromatic nitrogens is 5. The van der Waals surface area contributed by atoms with Gasteiger partial charge in [0.2, 0.25) is 11.5 Å². The van der Waals surface area contributed by atoms with Crippen molar-refractivity contribution in [1.82, 2.24) is 29.8 Å². The molecule has 3 aromatic rings. The molecule has 3 aromatic heterocycles. The predicted octanol–water partition coefficient (Wildman–Crippen LogP) is 6.13. The van der Waals surface area contributed by atoms with Crippen LogP contribution < -0.4 is 0 Å². The molecular formula is C25H39ClN6O2. The van der Waals surface area contributed by atoms with Crippen molar-refractivity contribution in [3.8, 4) is 11.5 Å². The summed E-state index contributed by atoms with van der Waals surface area (Å²) < 4.78 is 7.40. The van der Waals surface area contributed by atoms with Crippen LogP contribution in [0, 0.1) is 6.92 Å². The first kappa shape index (κ1) is 27.9. The maximum Gasteiger partial charge on any atom is 0.206 e. The zero-order valence-electron chi connectivity index (χ0n) is 21.9. The summed E-state index contributed by atoms with van der Waals surface area (Å²) >= 11 is 6.58. The fourth-order valence-corrected chi connectivity index (χ4v) is 3.89. The lowest BCUT2D eigenvalue weighted by Gasteiger charge is -2.19. The number of carbonyl (C=O) groups excluding carboxylic acids is 1. The normalized spacial score (nSPS) is 12.2. The summed E-state index contributed by atoms with van der Waals surface area (Å²) in [5.41, 5.74) is 2.71. The van der Waals surface area contributed by atoms with Crippen molar-refractivity contribution in [3.63, 3.8) is 0 Å². The first-order chi connectivity index (χ1) is 16.3. The molecule has 34 heavy (non-hydrogen) atoms. The predicted molar refractivity (Wildman–Crippen MR) is 138 cm³/mol. The van der Waals surface area contributed by atoms with Crippen molar-refractivity contribution in [1.29, 1.82) is 0 Å². The van der Waals surface area contributed by atoms with Gasteiger partial charge in [0.25, 0.3) is 0 Å². The van der Waals surface area contributed by atoms with E-state index in [1.54, 1.807) is 0 Å². The van der Waals surface area contributed by atoms with Crippen molar-refractivity contribution in [2.45, 2.75) is 92.7 Å². The Labute approximate surface area is 208 Å². The van der Waals surface area contributed by atoms with Crippen molar-refractivity contribution in [2.24, 2.45) is 0 Å². The molecule has 0 aliphatic heterocycles. The van der Waals surface area contributed by atoms with E-state index in [-0.39, 0.29) is 11.8 Å². The Kier molecular flexibility index (Phi) is 10.6. The number of fused-ring (bicyclic) bond motifs is 1. The molecule has 0 saturated heterocycles. The first-order valence-electron chi connectivity index (χ1n) is 12.4. The third-order valence-electron chi connectivity index (χ3n) is 5.83. The molecule has 1 unspecified atom stereocenters. The second kappa shape index (κ2) is 13.0. The summed E-state index contributed by atoms with van der Waals surface area (Å²) in [6.07, 6.45) is 4.79. The molecule has 9 heteroatoms. The van der Waals surface area contributed by atoms with Gasteiger partial charge in [-0.25, -0.2) is 14.6 Å². The molecule has 3 rings (SSSR count). The Morgan fingerprint density at radius 2 is 1.82 bits per heavy atom. The number of aryl methyl sites for hydroxylation is 1. The van der Waals surface area contributed by atoms with Gasteiger partial charge in [-0.05, 0) is 47.2 Å². The van der Waals surface area contributed by atoms with E-state index >= 15 is 0 Å². The van der Waals surface area contributed by atoms with E-state index in [0.717, 1.165) is 42.3 Å². The van der Waals surface area contributed by atoms with Crippen LogP contribution in [0.2, 0.25) is 5.15 Å². The highest BCUT2D eigenvalue weighted by Gasteiger charge is 2.26. The number of likely N-dealkylation sites (N-methyl/N-ethyl adjacent to an activating group) is 1. The molecule has 0 bridgehead atoms. The quantitative estimate of drug-likeness (QED) is 0.235. The number of hydrogen-bond acceptors (Lipinski definition) is 7. The lowest BCUT2D eigenvalue weighted by atomic mass is 10.0. The number of rotatable bonds is 11. The van der Waals surface area contributed by atoms with Crippen LogP contribution in [-0.4, -0.2) is 55.7 Å². The average Bonchev–Trinajstić information content (AvgIpc) is 3.38. The van der Waals surface area contributed by atoms with Crippen molar-refractivity contribution in [2.75, 3.05) is 14.1 Å². The smallest absolute Gasteiger partial charge is 0.206 e. The van der Waals surface area contributed by atoms with Gasteiger partial charge in [0.15, 0.2) is 17.2 Å². The molecule has 0 radical (unpaired) electrons. The van der Waals surface area contributed by atoms with Gasteiger partial charge in [-0.1, -0.05) is 57.3 Å². The minimum absolute atomic E-state index is 0.0235. The number of carbonyl (C=O) groups is 1. The van der Waals surface area contributed by atoms with Gasteiger partial charge in [0, 0.05) is 18.0 Å². The minimum atomic E-state index is -0.0235. The van der Waals surface area contributed by atoms with E-state index in [1.807, 2.05) is 39.5 Å². The SMILES string of the molecule is CC.CCCCC(=O)c1onc(-c2nc(Cl)c3c(C)nn(CC(C)N(C)C)c3n2)c1CCCC. The topological polar surface area (TPSA) is 89.9 Å². The van der Waals surface area contributed by atoms with E-state index in [4.69, 9.17) is 21.1 Å². The Morgan fingerprint density at radius 1 is 1.15 bits per heavy atom. The van der Waals surface area contributed by atoms with E-state index in [2.05, 4.69) is 40.9 Å². The third-order valence-corrected chi connectivity index (χ3v) is 6.11. The van der Waals surface area contributed by atoms with Crippen molar-refractivity contribution in [3.05, 3.63) is 22.2 Å². The van der Waals surface area contributed by atoms with Crippen molar-refractivity contribution < 1.29 is 9.32 Å². The third kappa shape index (κ3) is 6.21. The zero-order chi connectivity index (χ0) is 25.4. The first-order valence-corrected chi connectivity index (χ1v) is 12.7. The molecule has 188 valence electrons. The molecule has 8 nitrogen and oxygen atoms in total. The molecule has 0 amide bonds. The summed E-state index contributed by atoms with van der Waals surface area (Å²) in [5.74, 6) is 0.669. The van der Waals surface area contributed by atoms with Gasteiger partial charge in [0.05, 0.1) is 17.6 Å². The molecule has 0 spiro atoms. The zero-order valence-corrected chi connectivity index (χ0v) is 22.7. The second-order valence-electron chi connectivity index (χ2n) is 8.59. The van der Waals surface area contributed by atoms with Gasteiger partial charge in [0.1, 0.15) is 5.15 Å². The highest BCUT2D eigenvalue weighted by atomic mass is 35.5. The standard InChI is InChI=1S/C23H33ClN6O2.C2H6/c1-7-9-11-16-19(28-32-20(16)17(31)12-10-8-2)22-25-21(24)18-15(4)27-30(23(18)26-22)13-14(3)29(5)6;1-2/h14H,7-13H2,1-6H3;1-2H3. The summed E-state index contributed by atoms with van der Waals surface area (Å²) in [5, 5.41) is 9.94. The van der Waals surface area contributed by atoms with Crippen LogP contribution in [-0.2, 0) is 13.0 Å². The highest BCUT2D eigenvalue weighted by molar-refractivity contribution is 6.34. The van der Waals surface area contributed by atoms with E-state index in [1.165, 1.54) is 0 Å². The molecule has 0 aromatic carbocycles. The Hall–Kier alpha value is -2.32. The molecular weight excluding hydrogens is 452 g/mol. The fourth-order valence-electron chi connectivity index (χ4n) is 3.59. The van der Waals surface area contributed by atoms with Gasteiger partial charge in [-0.3, -0.25) is 4.79 Å². The molecule has 0 aliphatic carbocycles. The number of Topliss-reactive ketones (excluding diaryl/α,β-unsaturated/α-hetero) is 1. The van der Waals surface area contributed by atoms with Crippen LogP contribution in [0.4, 0.5) is 0 Å². The van der Waals surface area contributed by atoms with Gasteiger partial charge in [-0.15, -0.1) is 0 Å². The monoisotopic (exact) mass is 490 g/mol. The summed E-state index contributed by atoms with van der Waals surface area (Å²) in [4.78, 5) is 24.2. The van der Waals surface area contributed by atoms with Gasteiger partial charge >= 0.3 is 0 Å². The van der Waals surface area contributed by atoms with Crippen LogP contribution in [0.3, 0.4) is 0 Å². The van der Waals surface area contributed by atoms with Gasteiger partial charge < -0.3 is 9.42 Å². The summed E-state index contributed by atoms with van der Waals surface area (Å²) in [6, 6.07) is 0.254. The largest absolute Gasteiger partial charge is 0.352 e. The number of ketones is 1. The molecule has 3 heterocycles. The molecule has 0 fully saturated rings.